The van der Waals surface area contributed by atoms with Crippen LogP contribution in [-0.2, 0) is 6.42 Å². The predicted octanol–water partition coefficient (Wildman–Crippen LogP) is 3.20. The average molecular weight is 246 g/mol. The summed E-state index contributed by atoms with van der Waals surface area (Å²) >= 11 is 0. The molecule has 1 heterocycles. The van der Waals surface area contributed by atoms with Gasteiger partial charge < -0.3 is 10.6 Å². The molecule has 0 spiro atoms. The van der Waals surface area contributed by atoms with E-state index in [-0.39, 0.29) is 0 Å². The lowest BCUT2D eigenvalue weighted by atomic mass is 9.93. The smallest absolute Gasteiger partial charge is 0.0398 e. The summed E-state index contributed by atoms with van der Waals surface area (Å²) in [5.74, 6) is 0.772. The molecule has 2 atom stereocenters. The van der Waals surface area contributed by atoms with Gasteiger partial charge in [-0.05, 0) is 43.7 Å². The maximum absolute atomic E-state index is 5.80. The van der Waals surface area contributed by atoms with Gasteiger partial charge in [-0.1, -0.05) is 31.5 Å². The van der Waals surface area contributed by atoms with Gasteiger partial charge in [-0.3, -0.25) is 0 Å². The van der Waals surface area contributed by atoms with Crippen molar-refractivity contribution in [3.8, 4) is 0 Å². The van der Waals surface area contributed by atoms with Crippen molar-refractivity contribution in [1.29, 1.82) is 0 Å². The summed E-state index contributed by atoms with van der Waals surface area (Å²) in [6.45, 7) is 6.83. The second kappa shape index (κ2) is 6.24. The topological polar surface area (TPSA) is 29.3 Å². The summed E-state index contributed by atoms with van der Waals surface area (Å²) in [5.41, 5.74) is 8.77. The molecule has 0 aliphatic carbocycles. The third-order valence-electron chi connectivity index (χ3n) is 3.77. The van der Waals surface area contributed by atoms with Crippen molar-refractivity contribution in [1.82, 2.24) is 0 Å². The van der Waals surface area contributed by atoms with Crippen LogP contribution in [0.2, 0.25) is 0 Å². The van der Waals surface area contributed by atoms with Crippen molar-refractivity contribution in [2.45, 2.75) is 45.6 Å². The number of unbranched alkanes of at least 4 members (excludes halogenated alkanes) is 1. The van der Waals surface area contributed by atoms with Crippen molar-refractivity contribution < 1.29 is 0 Å². The molecule has 0 radical (unpaired) electrons. The first-order chi connectivity index (χ1) is 8.66. The highest BCUT2D eigenvalue weighted by Crippen LogP contribution is 2.29. The molecule has 100 valence electrons. The van der Waals surface area contributed by atoms with Crippen molar-refractivity contribution in [3.05, 3.63) is 29.8 Å². The zero-order valence-electron chi connectivity index (χ0n) is 11.7. The lowest BCUT2D eigenvalue weighted by Gasteiger charge is -2.35. The molecule has 0 fully saturated rings. The molecule has 18 heavy (non-hydrogen) atoms. The zero-order chi connectivity index (χ0) is 13.0. The van der Waals surface area contributed by atoms with Crippen molar-refractivity contribution in [2.75, 3.05) is 18.0 Å². The Balaban J connectivity index is 1.92. The number of fused-ring (bicyclic) bond motifs is 1. The third-order valence-corrected chi connectivity index (χ3v) is 3.77. The Labute approximate surface area is 111 Å². The van der Waals surface area contributed by atoms with Gasteiger partial charge in [-0.2, -0.15) is 0 Å². The van der Waals surface area contributed by atoms with Crippen molar-refractivity contribution in [3.63, 3.8) is 0 Å². The van der Waals surface area contributed by atoms with Crippen LogP contribution < -0.4 is 10.6 Å². The molecule has 1 aromatic rings. The summed E-state index contributed by atoms with van der Waals surface area (Å²) in [6, 6.07) is 9.21. The molecule has 1 aliphatic heterocycles. The summed E-state index contributed by atoms with van der Waals surface area (Å²) in [7, 11) is 0. The van der Waals surface area contributed by atoms with E-state index in [1.54, 1.807) is 0 Å². The number of anilines is 1. The summed E-state index contributed by atoms with van der Waals surface area (Å²) in [5, 5.41) is 0. The molecule has 2 N–H and O–H groups in total. The molecule has 2 heteroatoms. The molecule has 2 rings (SSSR count). The van der Waals surface area contributed by atoms with Gasteiger partial charge in [0.1, 0.15) is 0 Å². The first kappa shape index (κ1) is 13.4. The summed E-state index contributed by atoms with van der Waals surface area (Å²) in [6.07, 6.45) is 4.87. The Morgan fingerprint density at radius 1 is 1.33 bits per heavy atom. The Hall–Kier alpha value is -1.02. The van der Waals surface area contributed by atoms with E-state index in [0.29, 0.717) is 6.04 Å². The monoisotopic (exact) mass is 246 g/mol. The highest BCUT2D eigenvalue weighted by Gasteiger charge is 2.20. The number of para-hydroxylation sites is 1. The zero-order valence-corrected chi connectivity index (χ0v) is 11.7. The molecular weight excluding hydrogens is 220 g/mol. The van der Waals surface area contributed by atoms with Crippen LogP contribution in [0.5, 0.6) is 0 Å². The third kappa shape index (κ3) is 3.49. The minimum Gasteiger partial charge on any atom is -0.371 e. The normalized spacial score (nSPS) is 20.6. The lowest BCUT2D eigenvalue weighted by Crippen LogP contribution is -2.35. The molecule has 0 aromatic heterocycles. The predicted molar refractivity (Wildman–Crippen MR) is 79.0 cm³/mol. The van der Waals surface area contributed by atoms with Gasteiger partial charge in [0.15, 0.2) is 0 Å². The van der Waals surface area contributed by atoms with Crippen molar-refractivity contribution in [2.24, 2.45) is 11.7 Å². The quantitative estimate of drug-likeness (QED) is 0.808. The van der Waals surface area contributed by atoms with Crippen LogP contribution in [0.1, 0.15) is 38.7 Å². The fraction of sp³-hybridized carbons (Fsp3) is 0.625. The summed E-state index contributed by atoms with van der Waals surface area (Å²) in [4.78, 5) is 2.56. The van der Waals surface area contributed by atoms with Crippen LogP contribution in [0.25, 0.3) is 0 Å². The van der Waals surface area contributed by atoms with E-state index in [4.69, 9.17) is 5.73 Å². The van der Waals surface area contributed by atoms with Crippen LogP contribution in [0.3, 0.4) is 0 Å². The van der Waals surface area contributed by atoms with E-state index < -0.39 is 0 Å². The first-order valence-electron chi connectivity index (χ1n) is 7.25. The van der Waals surface area contributed by atoms with E-state index in [1.165, 1.54) is 43.6 Å². The SMILES string of the molecule is CC(N)CCCCN1CC(C)Cc2ccccc21. The number of rotatable bonds is 5. The van der Waals surface area contributed by atoms with E-state index in [9.17, 15) is 0 Å². The van der Waals surface area contributed by atoms with Gasteiger partial charge in [0, 0.05) is 24.8 Å². The minimum atomic E-state index is 0.345. The van der Waals surface area contributed by atoms with Gasteiger partial charge in [-0.25, -0.2) is 0 Å². The molecule has 0 saturated heterocycles. The number of benzene rings is 1. The first-order valence-corrected chi connectivity index (χ1v) is 7.25. The summed E-state index contributed by atoms with van der Waals surface area (Å²) < 4.78 is 0. The van der Waals surface area contributed by atoms with Crippen LogP contribution in [0.15, 0.2) is 24.3 Å². The van der Waals surface area contributed by atoms with Gasteiger partial charge in [0.2, 0.25) is 0 Å². The van der Waals surface area contributed by atoms with Crippen LogP contribution in [0.4, 0.5) is 5.69 Å². The van der Waals surface area contributed by atoms with E-state index in [1.807, 2.05) is 0 Å². The maximum Gasteiger partial charge on any atom is 0.0398 e. The lowest BCUT2D eigenvalue weighted by molar-refractivity contribution is 0.514. The molecule has 2 nitrogen and oxygen atoms in total. The van der Waals surface area contributed by atoms with E-state index in [0.717, 1.165) is 12.3 Å². The molecule has 1 aromatic carbocycles. The maximum atomic E-state index is 5.80. The number of nitrogens with zero attached hydrogens (tertiary/aromatic N) is 1. The average Bonchev–Trinajstić information content (AvgIpc) is 2.34. The largest absolute Gasteiger partial charge is 0.371 e. The Morgan fingerprint density at radius 2 is 2.11 bits per heavy atom. The minimum absolute atomic E-state index is 0.345. The fourth-order valence-electron chi connectivity index (χ4n) is 2.89. The molecule has 0 bridgehead atoms. The van der Waals surface area contributed by atoms with Crippen LogP contribution in [-0.4, -0.2) is 19.1 Å². The number of nitrogens with two attached hydrogens (primary N) is 1. The van der Waals surface area contributed by atoms with Gasteiger partial charge >= 0.3 is 0 Å². The second-order valence-corrected chi connectivity index (χ2v) is 5.86. The highest BCUT2D eigenvalue weighted by atomic mass is 15.1. The van der Waals surface area contributed by atoms with Crippen molar-refractivity contribution >= 4 is 5.69 Å². The standard InChI is InChI=1S/C16H26N2/c1-13-11-15-8-3-4-9-16(15)18(12-13)10-6-5-7-14(2)17/h3-4,8-9,13-14H,5-7,10-12,17H2,1-2H3. The second-order valence-electron chi connectivity index (χ2n) is 5.86. The Bertz CT molecular complexity index is 373. The van der Waals surface area contributed by atoms with E-state index >= 15 is 0 Å². The molecule has 0 saturated carbocycles. The number of hydrogen-bond donors (Lipinski definition) is 1. The van der Waals surface area contributed by atoms with Crippen LogP contribution >= 0.6 is 0 Å². The molecular formula is C16H26N2. The number of hydrogen-bond acceptors (Lipinski definition) is 2. The molecule has 1 aliphatic rings. The van der Waals surface area contributed by atoms with Gasteiger partial charge in [0.25, 0.3) is 0 Å². The Morgan fingerprint density at radius 3 is 2.89 bits per heavy atom. The molecule has 2 unspecified atom stereocenters. The Kier molecular flexibility index (Phi) is 4.65. The van der Waals surface area contributed by atoms with Gasteiger partial charge in [-0.15, -0.1) is 0 Å². The fourth-order valence-corrected chi connectivity index (χ4v) is 2.89. The van der Waals surface area contributed by atoms with E-state index in [2.05, 4.69) is 43.0 Å². The highest BCUT2D eigenvalue weighted by molar-refractivity contribution is 5.55. The molecule has 0 amide bonds. The van der Waals surface area contributed by atoms with Gasteiger partial charge in [0.05, 0.1) is 0 Å². The van der Waals surface area contributed by atoms with Crippen LogP contribution in [0, 0.1) is 5.92 Å².